The van der Waals surface area contributed by atoms with Crippen LogP contribution in [0.5, 0.6) is 0 Å². The van der Waals surface area contributed by atoms with Crippen molar-refractivity contribution in [1.82, 2.24) is 29.5 Å². The molecule has 8 nitrogen and oxygen atoms in total. The lowest BCUT2D eigenvalue weighted by Crippen LogP contribution is -2.18. The molecule has 3 aromatic heterocycles. The number of anilines is 1. The highest BCUT2D eigenvalue weighted by Crippen LogP contribution is 2.16. The summed E-state index contributed by atoms with van der Waals surface area (Å²) < 4.78 is 3.33. The maximum atomic E-state index is 12.4. The number of aryl methyl sites for hydroxylation is 2. The fraction of sp³-hybridized carbons (Fsp3) is 0.267. The average Bonchev–Trinajstić information content (AvgIpc) is 3.13. The van der Waals surface area contributed by atoms with Gasteiger partial charge in [0, 0.05) is 43.1 Å². The highest BCUT2D eigenvalue weighted by Gasteiger charge is 2.16. The van der Waals surface area contributed by atoms with Crippen LogP contribution in [-0.2, 0) is 18.3 Å². The minimum absolute atomic E-state index is 0.168. The number of amides is 1. The van der Waals surface area contributed by atoms with Crippen LogP contribution < -0.4 is 5.32 Å². The Hall–Kier alpha value is -3.03. The first-order valence-electron chi connectivity index (χ1n) is 7.16. The molecule has 3 aromatic rings. The average molecular weight is 311 g/mol. The van der Waals surface area contributed by atoms with E-state index < -0.39 is 0 Å². The number of nitrogens with zero attached hydrogens (tertiary/aromatic N) is 6. The van der Waals surface area contributed by atoms with Crippen LogP contribution in [0.4, 0.5) is 5.82 Å². The predicted molar refractivity (Wildman–Crippen MR) is 84.2 cm³/mol. The molecule has 0 aliphatic carbocycles. The van der Waals surface area contributed by atoms with Crippen molar-refractivity contribution in [2.45, 2.75) is 20.3 Å². The fourth-order valence-corrected chi connectivity index (χ4v) is 2.39. The first kappa shape index (κ1) is 14.9. The van der Waals surface area contributed by atoms with Crippen LogP contribution in [0.3, 0.4) is 0 Å². The monoisotopic (exact) mass is 311 g/mol. The van der Waals surface area contributed by atoms with E-state index >= 15 is 0 Å². The quantitative estimate of drug-likeness (QED) is 0.781. The lowest BCUT2D eigenvalue weighted by molar-refractivity contribution is -0.115. The molecule has 1 amide bonds. The minimum atomic E-state index is -0.168. The van der Waals surface area contributed by atoms with Gasteiger partial charge in [0.2, 0.25) is 5.91 Å². The van der Waals surface area contributed by atoms with E-state index in [1.165, 1.54) is 6.20 Å². The van der Waals surface area contributed by atoms with E-state index in [1.54, 1.807) is 34.0 Å². The Morgan fingerprint density at radius 2 is 2.00 bits per heavy atom. The molecule has 3 heterocycles. The molecule has 8 heteroatoms. The molecule has 0 spiro atoms. The molecule has 0 atom stereocenters. The standard InChI is InChI=1S/C15H17N7O/c1-10-12(11(2)21(3)20-10)9-13(23)19-14-15(17-7-6-16-14)22-8-4-5-18-22/h4-8H,9H2,1-3H3,(H,16,19,23). The largest absolute Gasteiger partial charge is 0.307 e. The first-order valence-corrected chi connectivity index (χ1v) is 7.16. The second kappa shape index (κ2) is 5.99. The lowest BCUT2D eigenvalue weighted by atomic mass is 10.1. The Morgan fingerprint density at radius 3 is 2.65 bits per heavy atom. The Bertz CT molecular complexity index is 836. The van der Waals surface area contributed by atoms with E-state index in [0.29, 0.717) is 11.6 Å². The van der Waals surface area contributed by atoms with Gasteiger partial charge in [0.1, 0.15) is 0 Å². The maximum absolute atomic E-state index is 12.4. The zero-order valence-corrected chi connectivity index (χ0v) is 13.2. The molecule has 0 unspecified atom stereocenters. The zero-order valence-electron chi connectivity index (χ0n) is 13.2. The predicted octanol–water partition coefficient (Wildman–Crippen LogP) is 1.19. The maximum Gasteiger partial charge on any atom is 0.230 e. The van der Waals surface area contributed by atoms with Gasteiger partial charge in [-0.1, -0.05) is 0 Å². The van der Waals surface area contributed by atoms with E-state index in [1.807, 2.05) is 20.9 Å². The summed E-state index contributed by atoms with van der Waals surface area (Å²) >= 11 is 0. The summed E-state index contributed by atoms with van der Waals surface area (Å²) in [5.41, 5.74) is 2.75. The second-order valence-corrected chi connectivity index (χ2v) is 5.18. The van der Waals surface area contributed by atoms with Crippen LogP contribution in [0, 0.1) is 13.8 Å². The van der Waals surface area contributed by atoms with Crippen LogP contribution in [0.15, 0.2) is 30.9 Å². The van der Waals surface area contributed by atoms with E-state index in [2.05, 4.69) is 25.5 Å². The van der Waals surface area contributed by atoms with Crippen molar-refractivity contribution in [2.75, 3.05) is 5.32 Å². The molecule has 0 fully saturated rings. The summed E-state index contributed by atoms with van der Waals surface area (Å²) in [7, 11) is 1.86. The molecule has 0 aromatic carbocycles. The van der Waals surface area contributed by atoms with Crippen LogP contribution >= 0.6 is 0 Å². The summed E-state index contributed by atoms with van der Waals surface area (Å²) in [5, 5.41) is 11.2. The summed E-state index contributed by atoms with van der Waals surface area (Å²) in [4.78, 5) is 20.8. The van der Waals surface area contributed by atoms with Gasteiger partial charge < -0.3 is 5.32 Å². The molecule has 1 N–H and O–H groups in total. The number of hydrogen-bond donors (Lipinski definition) is 1. The first-order chi connectivity index (χ1) is 11.1. The molecule has 0 saturated heterocycles. The van der Waals surface area contributed by atoms with Crippen molar-refractivity contribution in [3.8, 4) is 5.82 Å². The second-order valence-electron chi connectivity index (χ2n) is 5.18. The van der Waals surface area contributed by atoms with Gasteiger partial charge in [-0.15, -0.1) is 0 Å². The molecule has 0 saturated carbocycles. The topological polar surface area (TPSA) is 90.5 Å². The summed E-state index contributed by atoms with van der Waals surface area (Å²) in [6.07, 6.45) is 6.71. The third kappa shape index (κ3) is 2.96. The molecule has 118 valence electrons. The van der Waals surface area contributed by atoms with Gasteiger partial charge in [0.05, 0.1) is 12.1 Å². The minimum Gasteiger partial charge on any atom is -0.307 e. The molecule has 0 radical (unpaired) electrons. The Morgan fingerprint density at radius 1 is 1.22 bits per heavy atom. The SMILES string of the molecule is Cc1nn(C)c(C)c1CC(=O)Nc1nccnc1-n1cccn1. The van der Waals surface area contributed by atoms with E-state index in [4.69, 9.17) is 0 Å². The third-order valence-corrected chi connectivity index (χ3v) is 3.65. The Balaban J connectivity index is 1.81. The number of rotatable bonds is 4. The molecular weight excluding hydrogens is 294 g/mol. The summed E-state index contributed by atoms with van der Waals surface area (Å²) in [6.45, 7) is 3.84. The van der Waals surface area contributed by atoms with Crippen LogP contribution in [0.1, 0.15) is 17.0 Å². The molecule has 3 rings (SSSR count). The number of aromatic nitrogens is 6. The highest BCUT2D eigenvalue weighted by atomic mass is 16.1. The smallest absolute Gasteiger partial charge is 0.230 e. The summed E-state index contributed by atoms with van der Waals surface area (Å²) in [6, 6.07) is 1.78. The highest BCUT2D eigenvalue weighted by molar-refractivity contribution is 5.92. The lowest BCUT2D eigenvalue weighted by Gasteiger charge is -2.09. The van der Waals surface area contributed by atoms with Crippen molar-refractivity contribution < 1.29 is 4.79 Å². The van der Waals surface area contributed by atoms with Gasteiger partial charge in [0.15, 0.2) is 11.6 Å². The van der Waals surface area contributed by atoms with E-state index in [-0.39, 0.29) is 12.3 Å². The van der Waals surface area contributed by atoms with Gasteiger partial charge in [0.25, 0.3) is 0 Å². The molecule has 23 heavy (non-hydrogen) atoms. The van der Waals surface area contributed by atoms with Crippen LogP contribution in [0.25, 0.3) is 5.82 Å². The zero-order chi connectivity index (χ0) is 16.4. The normalized spacial score (nSPS) is 10.7. The van der Waals surface area contributed by atoms with Gasteiger partial charge in [-0.2, -0.15) is 10.2 Å². The molecular formula is C15H17N7O. The van der Waals surface area contributed by atoms with Crippen LogP contribution in [-0.4, -0.2) is 35.4 Å². The number of hydrogen-bond acceptors (Lipinski definition) is 5. The van der Waals surface area contributed by atoms with E-state index in [0.717, 1.165) is 17.0 Å². The van der Waals surface area contributed by atoms with Crippen LogP contribution in [0.2, 0.25) is 0 Å². The van der Waals surface area contributed by atoms with Crippen molar-refractivity contribution in [3.05, 3.63) is 47.8 Å². The fourth-order valence-electron chi connectivity index (χ4n) is 2.39. The molecule has 0 aliphatic heterocycles. The Kier molecular flexibility index (Phi) is 3.88. The molecule has 0 bridgehead atoms. The summed E-state index contributed by atoms with van der Waals surface area (Å²) in [5.74, 6) is 0.684. The van der Waals surface area contributed by atoms with Crippen molar-refractivity contribution in [1.29, 1.82) is 0 Å². The van der Waals surface area contributed by atoms with Gasteiger partial charge in [-0.05, 0) is 19.9 Å². The van der Waals surface area contributed by atoms with Gasteiger partial charge in [-0.25, -0.2) is 14.6 Å². The number of nitrogens with one attached hydrogen (secondary N) is 1. The number of carbonyl (C=O) groups excluding carboxylic acids is 1. The Labute approximate surface area is 133 Å². The van der Waals surface area contributed by atoms with Crippen molar-refractivity contribution in [3.63, 3.8) is 0 Å². The molecule has 0 aliphatic rings. The van der Waals surface area contributed by atoms with Crippen molar-refractivity contribution >= 4 is 11.7 Å². The third-order valence-electron chi connectivity index (χ3n) is 3.65. The van der Waals surface area contributed by atoms with Crippen molar-refractivity contribution in [2.24, 2.45) is 7.05 Å². The van der Waals surface area contributed by atoms with E-state index in [9.17, 15) is 4.79 Å². The van der Waals surface area contributed by atoms with Gasteiger partial charge >= 0.3 is 0 Å². The van der Waals surface area contributed by atoms with Gasteiger partial charge in [-0.3, -0.25) is 9.48 Å². The number of carbonyl (C=O) groups is 1.